The standard InChI is InChI=1S/C16H18O2S.C15H16O.2C4H8.CH4OS/c1-16(2,12-4-8-14(17)9-5-12)13-6-10-15(11-7-13)18-19-3;1-15(2,12-6-4-3-5-7-12)13-8-10-14(16)11-9-13;2*1-3-4-2;1-3-2/h4-11,17H,1-3H3;3-11,16H,1-2H3;2*3-4H,1-2H3;2H,1H3. The van der Waals surface area contributed by atoms with Gasteiger partial charge >= 0.3 is 0 Å². The first-order valence-corrected chi connectivity index (χ1v) is 17.5. The molecule has 3 N–H and O–H groups in total. The van der Waals surface area contributed by atoms with Crippen LogP contribution < -0.4 is 4.18 Å². The summed E-state index contributed by atoms with van der Waals surface area (Å²) in [5, 5.41) is 18.7. The van der Waals surface area contributed by atoms with Gasteiger partial charge in [-0.25, -0.2) is 0 Å². The molecule has 0 aliphatic rings. The minimum absolute atomic E-state index is 0.0328. The smallest absolute Gasteiger partial charge is 0.137 e. The average molecular weight is 663 g/mol. The largest absolute Gasteiger partial charge is 0.508 e. The molecule has 0 atom stereocenters. The fraction of sp³-hybridized carbons (Fsp3) is 0.300. The first-order chi connectivity index (χ1) is 21.9. The summed E-state index contributed by atoms with van der Waals surface area (Å²) in [6, 6.07) is 33.3. The van der Waals surface area contributed by atoms with Gasteiger partial charge in [-0.05, 0) is 98.4 Å². The molecule has 4 aromatic rings. The predicted octanol–water partition coefficient (Wildman–Crippen LogP) is 12.1. The predicted molar refractivity (Wildman–Crippen MR) is 205 cm³/mol. The number of benzene rings is 4. The average Bonchev–Trinajstić information content (AvgIpc) is 3.07. The van der Waals surface area contributed by atoms with Crippen LogP contribution in [0.4, 0.5) is 0 Å². The van der Waals surface area contributed by atoms with E-state index in [1.54, 1.807) is 30.5 Å². The van der Waals surface area contributed by atoms with E-state index in [0.29, 0.717) is 11.5 Å². The molecule has 0 amide bonds. The van der Waals surface area contributed by atoms with Crippen molar-refractivity contribution in [1.82, 2.24) is 0 Å². The maximum Gasteiger partial charge on any atom is 0.137 e. The Labute approximate surface area is 287 Å². The van der Waals surface area contributed by atoms with Crippen LogP contribution in [-0.2, 0) is 10.8 Å². The zero-order chi connectivity index (χ0) is 35.0. The minimum Gasteiger partial charge on any atom is -0.508 e. The van der Waals surface area contributed by atoms with E-state index >= 15 is 0 Å². The van der Waals surface area contributed by atoms with Crippen molar-refractivity contribution < 1.29 is 18.9 Å². The first kappa shape index (κ1) is 42.4. The van der Waals surface area contributed by atoms with Crippen molar-refractivity contribution in [1.29, 1.82) is 0 Å². The highest BCUT2D eigenvalue weighted by molar-refractivity contribution is 7.94. The van der Waals surface area contributed by atoms with Gasteiger partial charge in [0.2, 0.25) is 0 Å². The molecular weight excluding hydrogens is 609 g/mol. The molecule has 6 heteroatoms. The monoisotopic (exact) mass is 662 g/mol. The molecule has 0 saturated carbocycles. The highest BCUT2D eigenvalue weighted by Crippen LogP contribution is 2.34. The van der Waals surface area contributed by atoms with Gasteiger partial charge in [0.05, 0.1) is 12.0 Å². The summed E-state index contributed by atoms with van der Waals surface area (Å²) in [5.74, 6) is 1.47. The van der Waals surface area contributed by atoms with Gasteiger partial charge in [-0.1, -0.05) is 119 Å². The maximum atomic E-state index is 9.37. The molecule has 0 fully saturated rings. The van der Waals surface area contributed by atoms with Gasteiger partial charge in [0, 0.05) is 23.3 Å². The maximum absolute atomic E-state index is 9.37. The summed E-state index contributed by atoms with van der Waals surface area (Å²) in [6.45, 7) is 16.7. The summed E-state index contributed by atoms with van der Waals surface area (Å²) in [4.78, 5) is 0. The summed E-state index contributed by atoms with van der Waals surface area (Å²) in [6.07, 6.45) is 11.5. The van der Waals surface area contributed by atoms with Crippen LogP contribution >= 0.6 is 24.1 Å². The van der Waals surface area contributed by atoms with Crippen LogP contribution in [0, 0.1) is 0 Å². The Morgan fingerprint density at radius 2 is 0.783 bits per heavy atom. The lowest BCUT2D eigenvalue weighted by atomic mass is 9.78. The Bertz CT molecular complexity index is 1340. The van der Waals surface area contributed by atoms with E-state index < -0.39 is 0 Å². The van der Waals surface area contributed by atoms with E-state index in [4.69, 9.17) is 8.74 Å². The topological polar surface area (TPSA) is 69.9 Å². The fourth-order valence-corrected chi connectivity index (χ4v) is 4.27. The van der Waals surface area contributed by atoms with Crippen LogP contribution in [0.25, 0.3) is 0 Å². The lowest BCUT2D eigenvalue weighted by molar-refractivity contribution is 0.474. The Kier molecular flexibility index (Phi) is 21.9. The molecule has 0 heterocycles. The van der Waals surface area contributed by atoms with Gasteiger partial charge in [-0.15, -0.1) is 0 Å². The van der Waals surface area contributed by atoms with E-state index in [1.807, 2.05) is 101 Å². The zero-order valence-corrected chi connectivity index (χ0v) is 30.8. The third-order valence-electron chi connectivity index (χ3n) is 7.10. The van der Waals surface area contributed by atoms with E-state index in [2.05, 4.69) is 64.1 Å². The molecule has 0 aliphatic carbocycles. The van der Waals surface area contributed by atoms with E-state index in [0.717, 1.165) is 17.8 Å². The van der Waals surface area contributed by atoms with Gasteiger partial charge in [0.1, 0.15) is 17.2 Å². The molecule has 0 aromatic heterocycles. The van der Waals surface area contributed by atoms with Crippen LogP contribution in [0.1, 0.15) is 77.6 Å². The van der Waals surface area contributed by atoms with Gasteiger partial charge in [0.15, 0.2) is 0 Å². The van der Waals surface area contributed by atoms with Crippen LogP contribution in [0.3, 0.4) is 0 Å². The molecule has 4 aromatic carbocycles. The van der Waals surface area contributed by atoms with Crippen LogP contribution in [0.2, 0.25) is 0 Å². The molecule has 0 saturated heterocycles. The summed E-state index contributed by atoms with van der Waals surface area (Å²) < 4.78 is 12.9. The van der Waals surface area contributed by atoms with Crippen molar-refractivity contribution in [3.05, 3.63) is 150 Å². The normalized spacial score (nSPS) is 10.7. The lowest BCUT2D eigenvalue weighted by Gasteiger charge is -2.26. The summed E-state index contributed by atoms with van der Waals surface area (Å²) >= 11 is 2.09. The van der Waals surface area contributed by atoms with Crippen LogP contribution in [-0.4, -0.2) is 27.3 Å². The molecular formula is C40H54O4S2. The van der Waals surface area contributed by atoms with Crippen molar-refractivity contribution in [2.24, 2.45) is 0 Å². The van der Waals surface area contributed by atoms with Gasteiger partial charge < -0.3 is 18.9 Å². The van der Waals surface area contributed by atoms with Gasteiger partial charge in [0.25, 0.3) is 0 Å². The SMILES string of the molecule is CC(C)(c1ccccc1)c1ccc(O)cc1.CC=CC.CC=CC.CSO.CSOc1ccc(C(C)(C)c2ccc(O)cc2)cc1. The number of phenols is 2. The minimum atomic E-state index is -0.106. The number of hydrogen-bond acceptors (Lipinski definition) is 6. The summed E-state index contributed by atoms with van der Waals surface area (Å²) in [5.41, 5.74) is 4.73. The molecule has 0 spiro atoms. The highest BCUT2D eigenvalue weighted by Gasteiger charge is 2.23. The van der Waals surface area contributed by atoms with E-state index in [1.165, 1.54) is 34.3 Å². The zero-order valence-electron chi connectivity index (χ0n) is 29.2. The first-order valence-electron chi connectivity index (χ1n) is 15.2. The van der Waals surface area contributed by atoms with Crippen molar-refractivity contribution >= 4 is 24.1 Å². The molecule has 46 heavy (non-hydrogen) atoms. The quantitative estimate of drug-likeness (QED) is 0.141. The third kappa shape index (κ3) is 15.6. The number of aromatic hydroxyl groups is 2. The molecule has 250 valence electrons. The second-order valence-electron chi connectivity index (χ2n) is 11.0. The Morgan fingerprint density at radius 1 is 0.500 bits per heavy atom. The van der Waals surface area contributed by atoms with Crippen LogP contribution in [0.5, 0.6) is 17.2 Å². The highest BCUT2D eigenvalue weighted by atomic mass is 32.2. The molecule has 0 bridgehead atoms. The number of allylic oxidation sites excluding steroid dienone is 4. The van der Waals surface area contributed by atoms with Crippen molar-refractivity contribution in [2.45, 2.75) is 66.2 Å². The Balaban J connectivity index is 0.000000674. The number of phenolic OH excluding ortho intramolecular Hbond substituents is 2. The van der Waals surface area contributed by atoms with Crippen LogP contribution in [0.15, 0.2) is 127 Å². The number of hydrogen-bond donors (Lipinski definition) is 3. The number of rotatable bonds is 6. The van der Waals surface area contributed by atoms with Crippen molar-refractivity contribution in [3.63, 3.8) is 0 Å². The molecule has 0 radical (unpaired) electrons. The van der Waals surface area contributed by atoms with E-state index in [-0.39, 0.29) is 10.8 Å². The van der Waals surface area contributed by atoms with E-state index in [9.17, 15) is 10.2 Å². The van der Waals surface area contributed by atoms with Gasteiger partial charge in [-0.2, -0.15) is 0 Å². The summed E-state index contributed by atoms with van der Waals surface area (Å²) in [7, 11) is 0. The second kappa shape index (κ2) is 23.7. The molecule has 0 aliphatic heterocycles. The molecule has 0 unspecified atom stereocenters. The van der Waals surface area contributed by atoms with Crippen molar-refractivity contribution in [2.75, 3.05) is 12.5 Å². The molecule has 4 rings (SSSR count). The Morgan fingerprint density at radius 3 is 1.07 bits per heavy atom. The Hall–Kier alpha value is -3.58. The lowest BCUT2D eigenvalue weighted by Crippen LogP contribution is -2.18. The second-order valence-corrected chi connectivity index (χ2v) is 11.9. The fourth-order valence-electron chi connectivity index (χ4n) is 3.97. The molecule has 4 nitrogen and oxygen atoms in total. The van der Waals surface area contributed by atoms with Gasteiger partial charge in [-0.3, -0.25) is 0 Å². The third-order valence-corrected chi connectivity index (χ3v) is 7.45. The van der Waals surface area contributed by atoms with Crippen molar-refractivity contribution in [3.8, 4) is 17.2 Å².